The lowest BCUT2D eigenvalue weighted by atomic mass is 10.1. The van der Waals surface area contributed by atoms with E-state index in [4.69, 9.17) is 10.5 Å². The van der Waals surface area contributed by atoms with Crippen LogP contribution >= 0.6 is 11.3 Å². The highest BCUT2D eigenvalue weighted by Crippen LogP contribution is 2.33. The predicted molar refractivity (Wildman–Crippen MR) is 88.7 cm³/mol. The van der Waals surface area contributed by atoms with Gasteiger partial charge in [0.15, 0.2) is 0 Å². The van der Waals surface area contributed by atoms with Crippen molar-refractivity contribution in [3.8, 4) is 17.0 Å². The SMILES string of the molecule is CCCOc1ccc(-c2nc(CCC)sc2C(=O)O)cc1N. The summed E-state index contributed by atoms with van der Waals surface area (Å²) in [5.41, 5.74) is 7.67. The Morgan fingerprint density at radius 3 is 2.73 bits per heavy atom. The van der Waals surface area contributed by atoms with Crippen LogP contribution in [0.15, 0.2) is 18.2 Å². The van der Waals surface area contributed by atoms with E-state index in [0.29, 0.717) is 29.3 Å². The summed E-state index contributed by atoms with van der Waals surface area (Å²) in [5, 5.41) is 10.2. The van der Waals surface area contributed by atoms with Gasteiger partial charge in [0.05, 0.1) is 23.0 Å². The van der Waals surface area contributed by atoms with E-state index in [1.165, 1.54) is 11.3 Å². The molecule has 0 aliphatic rings. The second kappa shape index (κ2) is 7.26. The van der Waals surface area contributed by atoms with Crippen molar-refractivity contribution < 1.29 is 14.6 Å². The fourth-order valence-electron chi connectivity index (χ4n) is 2.07. The van der Waals surface area contributed by atoms with E-state index in [-0.39, 0.29) is 4.88 Å². The van der Waals surface area contributed by atoms with E-state index in [2.05, 4.69) is 4.98 Å². The number of nitrogens with two attached hydrogens (primary N) is 1. The lowest BCUT2D eigenvalue weighted by Gasteiger charge is -2.09. The highest BCUT2D eigenvalue weighted by Gasteiger charge is 2.19. The lowest BCUT2D eigenvalue weighted by Crippen LogP contribution is -2.00. The topological polar surface area (TPSA) is 85.4 Å². The molecule has 0 saturated heterocycles. The van der Waals surface area contributed by atoms with Crippen molar-refractivity contribution in [1.82, 2.24) is 4.98 Å². The number of aromatic carboxylic acids is 1. The van der Waals surface area contributed by atoms with Crippen LogP contribution in [0.5, 0.6) is 5.75 Å². The van der Waals surface area contributed by atoms with Crippen LogP contribution in [0.4, 0.5) is 5.69 Å². The van der Waals surface area contributed by atoms with Gasteiger partial charge < -0.3 is 15.6 Å². The Balaban J connectivity index is 2.38. The first kappa shape index (κ1) is 16.3. The largest absolute Gasteiger partial charge is 0.491 e. The van der Waals surface area contributed by atoms with Crippen molar-refractivity contribution in [2.75, 3.05) is 12.3 Å². The molecule has 5 nitrogen and oxygen atoms in total. The van der Waals surface area contributed by atoms with Crippen molar-refractivity contribution in [1.29, 1.82) is 0 Å². The second-order valence-electron chi connectivity index (χ2n) is 4.94. The number of carbonyl (C=O) groups is 1. The summed E-state index contributed by atoms with van der Waals surface area (Å²) < 4.78 is 5.54. The van der Waals surface area contributed by atoms with Crippen molar-refractivity contribution in [2.24, 2.45) is 0 Å². The molecule has 2 aromatic rings. The number of thiazole rings is 1. The predicted octanol–water partition coefficient (Wildman–Crippen LogP) is 3.83. The maximum atomic E-state index is 11.4. The Bertz CT molecular complexity index is 667. The van der Waals surface area contributed by atoms with Crippen LogP contribution in [0.25, 0.3) is 11.3 Å². The number of aryl methyl sites for hydroxylation is 1. The molecule has 0 fully saturated rings. The van der Waals surface area contributed by atoms with Gasteiger partial charge in [-0.15, -0.1) is 11.3 Å². The standard InChI is InChI=1S/C16H20N2O3S/c1-3-5-13-18-14(15(22-13)16(19)20)10-6-7-12(11(17)9-10)21-8-4-2/h6-7,9H,3-5,8,17H2,1-2H3,(H,19,20). The number of hydrogen-bond donors (Lipinski definition) is 2. The van der Waals surface area contributed by atoms with Crippen molar-refractivity contribution >= 4 is 23.0 Å². The van der Waals surface area contributed by atoms with E-state index in [1.54, 1.807) is 18.2 Å². The Labute approximate surface area is 133 Å². The molecule has 0 unspecified atom stereocenters. The first-order valence-electron chi connectivity index (χ1n) is 7.32. The molecule has 1 aromatic carbocycles. The molecule has 118 valence electrons. The van der Waals surface area contributed by atoms with Crippen LogP contribution in [0.2, 0.25) is 0 Å². The van der Waals surface area contributed by atoms with Crippen LogP contribution in [-0.2, 0) is 6.42 Å². The van der Waals surface area contributed by atoms with Gasteiger partial charge in [0, 0.05) is 5.56 Å². The van der Waals surface area contributed by atoms with Gasteiger partial charge in [0.2, 0.25) is 0 Å². The highest BCUT2D eigenvalue weighted by molar-refractivity contribution is 7.14. The molecule has 6 heteroatoms. The summed E-state index contributed by atoms with van der Waals surface area (Å²) in [7, 11) is 0. The summed E-state index contributed by atoms with van der Waals surface area (Å²) in [6, 6.07) is 5.30. The minimum absolute atomic E-state index is 0.255. The zero-order valence-corrected chi connectivity index (χ0v) is 13.6. The maximum Gasteiger partial charge on any atom is 0.348 e. The molecule has 0 amide bonds. The quantitative estimate of drug-likeness (QED) is 0.757. The van der Waals surface area contributed by atoms with E-state index < -0.39 is 5.97 Å². The molecule has 0 atom stereocenters. The smallest absolute Gasteiger partial charge is 0.348 e. The number of carboxylic acid groups (broad SMARTS) is 1. The molecule has 2 rings (SSSR count). The Hall–Kier alpha value is -2.08. The molecule has 3 N–H and O–H groups in total. The Morgan fingerprint density at radius 2 is 2.14 bits per heavy atom. The first-order chi connectivity index (χ1) is 10.6. The van der Waals surface area contributed by atoms with Gasteiger partial charge in [0.25, 0.3) is 0 Å². The van der Waals surface area contributed by atoms with Gasteiger partial charge in [-0.05, 0) is 37.5 Å². The molecular formula is C16H20N2O3S. The van der Waals surface area contributed by atoms with Gasteiger partial charge >= 0.3 is 5.97 Å². The zero-order valence-electron chi connectivity index (χ0n) is 12.8. The number of ether oxygens (including phenoxy) is 1. The molecule has 1 heterocycles. The number of nitrogen functional groups attached to an aromatic ring is 1. The fourth-order valence-corrected chi connectivity index (χ4v) is 3.09. The Morgan fingerprint density at radius 1 is 1.36 bits per heavy atom. The number of rotatable bonds is 7. The van der Waals surface area contributed by atoms with Crippen LogP contribution in [0, 0.1) is 0 Å². The van der Waals surface area contributed by atoms with Gasteiger partial charge in [-0.25, -0.2) is 9.78 Å². The minimum Gasteiger partial charge on any atom is -0.491 e. The summed E-state index contributed by atoms with van der Waals surface area (Å²) in [6.07, 6.45) is 2.60. The Kier molecular flexibility index (Phi) is 5.38. The minimum atomic E-state index is -0.959. The van der Waals surface area contributed by atoms with E-state index >= 15 is 0 Å². The highest BCUT2D eigenvalue weighted by atomic mass is 32.1. The third-order valence-corrected chi connectivity index (χ3v) is 4.18. The molecule has 1 aromatic heterocycles. The van der Waals surface area contributed by atoms with Crippen LogP contribution in [0.3, 0.4) is 0 Å². The lowest BCUT2D eigenvalue weighted by molar-refractivity contribution is 0.0702. The normalized spacial score (nSPS) is 10.6. The number of anilines is 1. The molecule has 0 bridgehead atoms. The molecule has 0 aliphatic heterocycles. The summed E-state index contributed by atoms with van der Waals surface area (Å²) in [5.74, 6) is -0.341. The molecule has 22 heavy (non-hydrogen) atoms. The third-order valence-electron chi connectivity index (χ3n) is 3.07. The van der Waals surface area contributed by atoms with E-state index in [1.807, 2.05) is 13.8 Å². The average Bonchev–Trinajstić information content (AvgIpc) is 2.90. The number of hydrogen-bond acceptors (Lipinski definition) is 5. The van der Waals surface area contributed by atoms with Gasteiger partial charge in [-0.1, -0.05) is 13.8 Å². The van der Waals surface area contributed by atoms with E-state index in [9.17, 15) is 9.90 Å². The second-order valence-corrected chi connectivity index (χ2v) is 6.03. The zero-order chi connectivity index (χ0) is 16.1. The van der Waals surface area contributed by atoms with Crippen molar-refractivity contribution in [3.63, 3.8) is 0 Å². The van der Waals surface area contributed by atoms with Crippen LogP contribution in [0.1, 0.15) is 41.4 Å². The van der Waals surface area contributed by atoms with Crippen LogP contribution < -0.4 is 10.5 Å². The molecule has 0 aliphatic carbocycles. The van der Waals surface area contributed by atoms with Crippen molar-refractivity contribution in [2.45, 2.75) is 33.1 Å². The number of carboxylic acids is 1. The molecule has 0 radical (unpaired) electrons. The summed E-state index contributed by atoms with van der Waals surface area (Å²) in [6.45, 7) is 4.66. The third kappa shape index (κ3) is 3.57. The van der Waals surface area contributed by atoms with Crippen LogP contribution in [-0.4, -0.2) is 22.7 Å². The van der Waals surface area contributed by atoms with Gasteiger partial charge in [-0.2, -0.15) is 0 Å². The molecule has 0 spiro atoms. The fraction of sp³-hybridized carbons (Fsp3) is 0.375. The molecular weight excluding hydrogens is 300 g/mol. The molecule has 0 saturated carbocycles. The van der Waals surface area contributed by atoms with Gasteiger partial charge in [0.1, 0.15) is 10.6 Å². The summed E-state index contributed by atoms with van der Waals surface area (Å²) >= 11 is 1.23. The van der Waals surface area contributed by atoms with Gasteiger partial charge in [-0.3, -0.25) is 0 Å². The monoisotopic (exact) mass is 320 g/mol. The first-order valence-corrected chi connectivity index (χ1v) is 8.14. The number of benzene rings is 1. The summed E-state index contributed by atoms with van der Waals surface area (Å²) in [4.78, 5) is 16.1. The maximum absolute atomic E-state index is 11.4. The number of aromatic nitrogens is 1. The van der Waals surface area contributed by atoms with E-state index in [0.717, 1.165) is 24.3 Å². The average molecular weight is 320 g/mol. The number of nitrogens with zero attached hydrogens (tertiary/aromatic N) is 1. The van der Waals surface area contributed by atoms with Crippen molar-refractivity contribution in [3.05, 3.63) is 28.1 Å².